The van der Waals surface area contributed by atoms with Crippen LogP contribution in [0.15, 0.2) is 30.5 Å². The van der Waals surface area contributed by atoms with Crippen LogP contribution in [0.3, 0.4) is 0 Å². The first-order valence-corrected chi connectivity index (χ1v) is 9.86. The van der Waals surface area contributed by atoms with Crippen molar-refractivity contribution in [3.05, 3.63) is 47.5 Å². The zero-order chi connectivity index (χ0) is 19.3. The fraction of sp³-hybridized carbons (Fsp3) is 0.500. The normalized spacial score (nSPS) is 15.6. The SMILES string of the molecule is CCCCc1ncc(C=O)n1Cc1ccc(OC(=O)C2(C)CCCC2)cc1. The van der Waals surface area contributed by atoms with Crippen LogP contribution in [0.25, 0.3) is 0 Å². The molecule has 0 spiro atoms. The number of hydrogen-bond acceptors (Lipinski definition) is 4. The number of unbranched alkanes of at least 4 members (excludes halogenated alkanes) is 1. The van der Waals surface area contributed by atoms with Crippen LogP contribution in [0.4, 0.5) is 0 Å². The smallest absolute Gasteiger partial charge is 0.317 e. The Balaban J connectivity index is 1.68. The van der Waals surface area contributed by atoms with Crippen molar-refractivity contribution in [1.82, 2.24) is 9.55 Å². The minimum absolute atomic E-state index is 0.132. The van der Waals surface area contributed by atoms with E-state index in [-0.39, 0.29) is 11.4 Å². The van der Waals surface area contributed by atoms with Crippen molar-refractivity contribution in [2.45, 2.75) is 65.3 Å². The van der Waals surface area contributed by atoms with Crippen LogP contribution in [0.1, 0.15) is 74.2 Å². The Labute approximate surface area is 160 Å². The van der Waals surface area contributed by atoms with Crippen LogP contribution in [0, 0.1) is 5.41 Å². The molecular weight excluding hydrogens is 340 g/mol. The summed E-state index contributed by atoms with van der Waals surface area (Å²) in [6, 6.07) is 7.54. The summed E-state index contributed by atoms with van der Waals surface area (Å²) in [7, 11) is 0. The molecule has 1 aromatic heterocycles. The van der Waals surface area contributed by atoms with E-state index in [0.717, 1.165) is 62.6 Å². The standard InChI is InChI=1S/C22H28N2O3/c1-3-4-7-20-23-14-18(16-25)24(20)15-17-8-10-19(11-9-17)27-21(26)22(2)12-5-6-13-22/h8-11,14,16H,3-7,12-13,15H2,1-2H3. The molecule has 144 valence electrons. The van der Waals surface area contributed by atoms with Gasteiger partial charge in [-0.05, 0) is 43.9 Å². The van der Waals surface area contributed by atoms with Crippen LogP contribution in [-0.2, 0) is 17.8 Å². The molecule has 0 aliphatic heterocycles. The highest BCUT2D eigenvalue weighted by Crippen LogP contribution is 2.38. The van der Waals surface area contributed by atoms with E-state index in [1.807, 2.05) is 35.8 Å². The van der Waals surface area contributed by atoms with E-state index in [0.29, 0.717) is 18.0 Å². The maximum absolute atomic E-state index is 12.4. The van der Waals surface area contributed by atoms with E-state index in [2.05, 4.69) is 11.9 Å². The van der Waals surface area contributed by atoms with Crippen LogP contribution in [0.2, 0.25) is 0 Å². The van der Waals surface area contributed by atoms with Crippen LogP contribution in [-0.4, -0.2) is 21.8 Å². The highest BCUT2D eigenvalue weighted by molar-refractivity contribution is 5.79. The minimum Gasteiger partial charge on any atom is -0.426 e. The van der Waals surface area contributed by atoms with Gasteiger partial charge in [0.15, 0.2) is 6.29 Å². The van der Waals surface area contributed by atoms with Gasteiger partial charge >= 0.3 is 5.97 Å². The van der Waals surface area contributed by atoms with Gasteiger partial charge in [0.25, 0.3) is 0 Å². The molecule has 1 aromatic carbocycles. The Morgan fingerprint density at radius 2 is 1.96 bits per heavy atom. The van der Waals surface area contributed by atoms with Crippen molar-refractivity contribution >= 4 is 12.3 Å². The Kier molecular flexibility index (Phi) is 6.09. The number of benzene rings is 1. The number of ether oxygens (including phenoxy) is 1. The number of carbonyl (C=O) groups excluding carboxylic acids is 2. The van der Waals surface area contributed by atoms with Gasteiger partial charge in [-0.2, -0.15) is 0 Å². The predicted molar refractivity (Wildman–Crippen MR) is 104 cm³/mol. The number of nitrogens with zero attached hydrogens (tertiary/aromatic N) is 2. The molecule has 27 heavy (non-hydrogen) atoms. The summed E-state index contributed by atoms with van der Waals surface area (Å²) in [6.07, 6.45) is 9.46. The summed E-state index contributed by atoms with van der Waals surface area (Å²) >= 11 is 0. The Bertz CT molecular complexity index is 786. The van der Waals surface area contributed by atoms with E-state index < -0.39 is 0 Å². The topological polar surface area (TPSA) is 61.2 Å². The molecule has 1 aliphatic rings. The van der Waals surface area contributed by atoms with Gasteiger partial charge in [0.05, 0.1) is 11.6 Å². The van der Waals surface area contributed by atoms with E-state index >= 15 is 0 Å². The number of aldehydes is 1. The lowest BCUT2D eigenvalue weighted by atomic mass is 9.89. The molecule has 0 radical (unpaired) electrons. The van der Waals surface area contributed by atoms with Crippen molar-refractivity contribution in [1.29, 1.82) is 0 Å². The highest BCUT2D eigenvalue weighted by atomic mass is 16.5. The fourth-order valence-corrected chi connectivity index (χ4v) is 3.68. The number of hydrogen-bond donors (Lipinski definition) is 0. The summed E-state index contributed by atoms with van der Waals surface area (Å²) in [4.78, 5) is 28.1. The van der Waals surface area contributed by atoms with Gasteiger partial charge in [-0.15, -0.1) is 0 Å². The maximum atomic E-state index is 12.4. The van der Waals surface area contributed by atoms with Gasteiger partial charge in [-0.1, -0.05) is 38.3 Å². The number of aromatic nitrogens is 2. The van der Waals surface area contributed by atoms with Gasteiger partial charge in [0.2, 0.25) is 0 Å². The van der Waals surface area contributed by atoms with Crippen molar-refractivity contribution in [3.8, 4) is 5.75 Å². The number of rotatable bonds is 8. The van der Waals surface area contributed by atoms with E-state index in [4.69, 9.17) is 4.74 Å². The molecule has 0 unspecified atom stereocenters. The minimum atomic E-state index is -0.345. The van der Waals surface area contributed by atoms with E-state index in [1.54, 1.807) is 6.20 Å². The third-order valence-corrected chi connectivity index (χ3v) is 5.52. The van der Waals surface area contributed by atoms with Gasteiger partial charge < -0.3 is 9.30 Å². The molecule has 0 amide bonds. The lowest BCUT2D eigenvalue weighted by molar-refractivity contribution is -0.144. The maximum Gasteiger partial charge on any atom is 0.317 e. The quantitative estimate of drug-likeness (QED) is 0.389. The van der Waals surface area contributed by atoms with Crippen molar-refractivity contribution in [2.24, 2.45) is 5.41 Å². The van der Waals surface area contributed by atoms with Gasteiger partial charge in [0, 0.05) is 13.0 Å². The molecule has 1 heterocycles. The first-order chi connectivity index (χ1) is 13.1. The van der Waals surface area contributed by atoms with E-state index in [1.165, 1.54) is 0 Å². The largest absolute Gasteiger partial charge is 0.426 e. The second-order valence-corrected chi connectivity index (χ2v) is 7.71. The van der Waals surface area contributed by atoms with Gasteiger partial charge in [-0.3, -0.25) is 9.59 Å². The average Bonchev–Trinajstić information content (AvgIpc) is 3.28. The number of imidazole rings is 1. The Morgan fingerprint density at radius 3 is 2.59 bits per heavy atom. The summed E-state index contributed by atoms with van der Waals surface area (Å²) in [5.41, 5.74) is 1.29. The zero-order valence-corrected chi connectivity index (χ0v) is 16.2. The molecule has 5 nitrogen and oxygen atoms in total. The molecule has 1 saturated carbocycles. The van der Waals surface area contributed by atoms with Crippen molar-refractivity contribution in [2.75, 3.05) is 0 Å². The molecule has 3 rings (SSSR count). The van der Waals surface area contributed by atoms with Crippen molar-refractivity contribution in [3.63, 3.8) is 0 Å². The number of aryl methyl sites for hydroxylation is 1. The monoisotopic (exact) mass is 368 g/mol. The molecule has 2 aromatic rings. The third kappa shape index (κ3) is 4.46. The first-order valence-electron chi connectivity index (χ1n) is 9.86. The van der Waals surface area contributed by atoms with Crippen molar-refractivity contribution < 1.29 is 14.3 Å². The second kappa shape index (κ2) is 8.51. The summed E-state index contributed by atoms with van der Waals surface area (Å²) < 4.78 is 7.56. The molecule has 1 aliphatic carbocycles. The molecule has 0 saturated heterocycles. The fourth-order valence-electron chi connectivity index (χ4n) is 3.68. The summed E-state index contributed by atoms with van der Waals surface area (Å²) in [5.74, 6) is 1.38. The predicted octanol–water partition coefficient (Wildman–Crippen LogP) is 4.57. The Hall–Kier alpha value is -2.43. The summed E-state index contributed by atoms with van der Waals surface area (Å²) in [5, 5.41) is 0. The lowest BCUT2D eigenvalue weighted by Gasteiger charge is -2.20. The first kappa shape index (κ1) is 19.3. The van der Waals surface area contributed by atoms with Gasteiger partial charge in [-0.25, -0.2) is 4.98 Å². The molecule has 1 fully saturated rings. The third-order valence-electron chi connectivity index (χ3n) is 5.52. The zero-order valence-electron chi connectivity index (χ0n) is 16.2. The molecule has 0 bridgehead atoms. The average molecular weight is 368 g/mol. The highest BCUT2D eigenvalue weighted by Gasteiger charge is 2.38. The van der Waals surface area contributed by atoms with Crippen LogP contribution >= 0.6 is 0 Å². The van der Waals surface area contributed by atoms with E-state index in [9.17, 15) is 9.59 Å². The molecule has 0 atom stereocenters. The summed E-state index contributed by atoms with van der Waals surface area (Å²) in [6.45, 7) is 4.72. The van der Waals surface area contributed by atoms with Gasteiger partial charge in [0.1, 0.15) is 17.3 Å². The second-order valence-electron chi connectivity index (χ2n) is 7.71. The molecule has 0 N–H and O–H groups in total. The number of carbonyl (C=O) groups is 2. The number of esters is 1. The molecular formula is C22H28N2O3. The molecule has 5 heteroatoms. The van der Waals surface area contributed by atoms with Crippen LogP contribution in [0.5, 0.6) is 5.75 Å². The lowest BCUT2D eigenvalue weighted by Crippen LogP contribution is -2.29. The van der Waals surface area contributed by atoms with Crippen LogP contribution < -0.4 is 4.74 Å². The Morgan fingerprint density at radius 1 is 1.26 bits per heavy atom.